The normalized spacial score (nSPS) is 10.4. The van der Waals surface area contributed by atoms with Crippen molar-refractivity contribution in [3.05, 3.63) is 72.0 Å². The van der Waals surface area contributed by atoms with E-state index in [1.54, 1.807) is 6.07 Å². The van der Waals surface area contributed by atoms with Crippen LogP contribution in [0.3, 0.4) is 0 Å². The molecule has 1 heterocycles. The highest BCUT2D eigenvalue weighted by Gasteiger charge is 2.13. The first-order chi connectivity index (χ1) is 11.7. The summed E-state index contributed by atoms with van der Waals surface area (Å²) >= 11 is 0. The predicted octanol–water partition coefficient (Wildman–Crippen LogP) is 3.49. The third kappa shape index (κ3) is 3.81. The monoisotopic (exact) mass is 321 g/mol. The van der Waals surface area contributed by atoms with Gasteiger partial charge in [0.1, 0.15) is 5.69 Å². The van der Waals surface area contributed by atoms with Gasteiger partial charge in [0, 0.05) is 30.4 Å². The summed E-state index contributed by atoms with van der Waals surface area (Å²) in [7, 11) is 0. The zero-order valence-electron chi connectivity index (χ0n) is 13.5. The Kier molecular flexibility index (Phi) is 4.91. The lowest BCUT2D eigenvalue weighted by atomic mass is 10.1. The summed E-state index contributed by atoms with van der Waals surface area (Å²) in [5.41, 5.74) is 3.81. The van der Waals surface area contributed by atoms with Crippen molar-refractivity contribution in [3.63, 3.8) is 0 Å². The molecule has 0 bridgehead atoms. The quantitative estimate of drug-likeness (QED) is 0.682. The Morgan fingerprint density at radius 2 is 1.79 bits per heavy atom. The van der Waals surface area contributed by atoms with Crippen LogP contribution in [0.25, 0.3) is 11.3 Å². The standard InChI is InChI=1S/C19H19N3O2/c1-14-7-5-6-10-16(14)20-11-12-21-19(23)18-13-17(22-24-18)15-8-3-2-4-9-15/h2-10,13,20H,11-12H2,1H3,(H,21,23). The minimum atomic E-state index is -0.267. The van der Waals surface area contributed by atoms with Crippen LogP contribution in [-0.4, -0.2) is 24.2 Å². The molecule has 3 aromatic rings. The predicted molar refractivity (Wildman–Crippen MR) is 93.9 cm³/mol. The van der Waals surface area contributed by atoms with E-state index in [0.29, 0.717) is 18.8 Å². The largest absolute Gasteiger partial charge is 0.383 e. The Hall–Kier alpha value is -3.08. The number of nitrogens with zero attached hydrogens (tertiary/aromatic N) is 1. The van der Waals surface area contributed by atoms with Crippen LogP contribution in [-0.2, 0) is 0 Å². The number of amides is 1. The third-order valence-corrected chi connectivity index (χ3v) is 3.67. The second-order valence-electron chi connectivity index (χ2n) is 5.44. The van der Waals surface area contributed by atoms with Gasteiger partial charge in [0.2, 0.25) is 5.76 Å². The number of benzene rings is 2. The van der Waals surface area contributed by atoms with E-state index in [9.17, 15) is 4.79 Å². The Morgan fingerprint density at radius 1 is 1.04 bits per heavy atom. The number of carbonyl (C=O) groups excluding carboxylic acids is 1. The fourth-order valence-corrected chi connectivity index (χ4v) is 2.36. The van der Waals surface area contributed by atoms with Crippen LogP contribution in [0.15, 0.2) is 65.2 Å². The minimum Gasteiger partial charge on any atom is -0.383 e. The van der Waals surface area contributed by atoms with Gasteiger partial charge in [-0.3, -0.25) is 4.79 Å². The number of hydrogen-bond donors (Lipinski definition) is 2. The van der Waals surface area contributed by atoms with Crippen molar-refractivity contribution in [1.29, 1.82) is 0 Å². The molecular weight excluding hydrogens is 302 g/mol. The molecule has 0 fully saturated rings. The lowest BCUT2D eigenvalue weighted by Gasteiger charge is -2.09. The molecule has 5 nitrogen and oxygen atoms in total. The maximum atomic E-state index is 12.1. The number of rotatable bonds is 6. The maximum absolute atomic E-state index is 12.1. The zero-order chi connectivity index (χ0) is 16.8. The molecule has 0 aliphatic rings. The summed E-state index contributed by atoms with van der Waals surface area (Å²) in [6.07, 6.45) is 0. The van der Waals surface area contributed by atoms with Crippen LogP contribution in [0, 0.1) is 6.92 Å². The molecule has 2 N–H and O–H groups in total. The molecule has 2 aromatic carbocycles. The van der Waals surface area contributed by atoms with Crippen molar-refractivity contribution in [2.24, 2.45) is 0 Å². The average molecular weight is 321 g/mol. The number of carbonyl (C=O) groups is 1. The van der Waals surface area contributed by atoms with E-state index in [0.717, 1.165) is 11.3 Å². The molecule has 0 atom stereocenters. The van der Waals surface area contributed by atoms with Crippen LogP contribution in [0.5, 0.6) is 0 Å². The molecule has 0 radical (unpaired) electrons. The van der Waals surface area contributed by atoms with E-state index < -0.39 is 0 Å². The molecule has 122 valence electrons. The van der Waals surface area contributed by atoms with Gasteiger partial charge in [0.05, 0.1) is 0 Å². The summed E-state index contributed by atoms with van der Waals surface area (Å²) in [5, 5.41) is 10.1. The molecular formula is C19H19N3O2. The van der Waals surface area contributed by atoms with E-state index in [1.165, 1.54) is 5.56 Å². The summed E-state index contributed by atoms with van der Waals surface area (Å²) in [6, 6.07) is 19.3. The van der Waals surface area contributed by atoms with E-state index >= 15 is 0 Å². The second-order valence-corrected chi connectivity index (χ2v) is 5.44. The second kappa shape index (κ2) is 7.46. The minimum absolute atomic E-state index is 0.213. The first kappa shape index (κ1) is 15.8. The summed E-state index contributed by atoms with van der Waals surface area (Å²) < 4.78 is 5.13. The number of aromatic nitrogens is 1. The number of aryl methyl sites for hydroxylation is 1. The Balaban J connectivity index is 1.51. The average Bonchev–Trinajstić information content (AvgIpc) is 3.11. The topological polar surface area (TPSA) is 67.2 Å². The zero-order valence-corrected chi connectivity index (χ0v) is 13.5. The molecule has 3 rings (SSSR count). The number of hydrogen-bond acceptors (Lipinski definition) is 4. The highest BCUT2D eigenvalue weighted by molar-refractivity contribution is 5.92. The van der Waals surface area contributed by atoms with Crippen molar-refractivity contribution >= 4 is 11.6 Å². The summed E-state index contributed by atoms with van der Waals surface area (Å²) in [4.78, 5) is 12.1. The van der Waals surface area contributed by atoms with Crippen LogP contribution in [0.2, 0.25) is 0 Å². The fourth-order valence-electron chi connectivity index (χ4n) is 2.36. The molecule has 1 aromatic heterocycles. The van der Waals surface area contributed by atoms with Crippen molar-refractivity contribution in [2.75, 3.05) is 18.4 Å². The van der Waals surface area contributed by atoms with Gasteiger partial charge >= 0.3 is 0 Å². The molecule has 0 saturated carbocycles. The van der Waals surface area contributed by atoms with Crippen LogP contribution < -0.4 is 10.6 Å². The van der Waals surface area contributed by atoms with Gasteiger partial charge in [-0.2, -0.15) is 0 Å². The molecule has 5 heteroatoms. The smallest absolute Gasteiger partial charge is 0.289 e. The van der Waals surface area contributed by atoms with Gasteiger partial charge in [-0.25, -0.2) is 0 Å². The Bertz CT molecular complexity index is 812. The van der Waals surface area contributed by atoms with E-state index in [1.807, 2.05) is 61.5 Å². The molecule has 0 saturated heterocycles. The molecule has 0 unspecified atom stereocenters. The Labute approximate surface area is 140 Å². The fraction of sp³-hybridized carbons (Fsp3) is 0.158. The van der Waals surface area contributed by atoms with Gasteiger partial charge in [0.25, 0.3) is 5.91 Å². The lowest BCUT2D eigenvalue weighted by Crippen LogP contribution is -2.28. The molecule has 1 amide bonds. The van der Waals surface area contributed by atoms with Crippen molar-refractivity contribution < 1.29 is 9.32 Å². The highest BCUT2D eigenvalue weighted by Crippen LogP contribution is 2.18. The molecule has 0 spiro atoms. The van der Waals surface area contributed by atoms with Gasteiger partial charge in [-0.05, 0) is 18.6 Å². The Morgan fingerprint density at radius 3 is 2.58 bits per heavy atom. The number of anilines is 1. The van der Waals surface area contributed by atoms with E-state index in [4.69, 9.17) is 4.52 Å². The van der Waals surface area contributed by atoms with Crippen molar-refractivity contribution in [1.82, 2.24) is 10.5 Å². The first-order valence-corrected chi connectivity index (χ1v) is 7.84. The van der Waals surface area contributed by atoms with E-state index in [2.05, 4.69) is 15.8 Å². The summed E-state index contributed by atoms with van der Waals surface area (Å²) in [6.45, 7) is 3.17. The third-order valence-electron chi connectivity index (χ3n) is 3.67. The highest BCUT2D eigenvalue weighted by atomic mass is 16.5. The molecule has 0 aliphatic carbocycles. The SMILES string of the molecule is Cc1ccccc1NCCNC(=O)c1cc(-c2ccccc2)no1. The van der Waals surface area contributed by atoms with Crippen LogP contribution in [0.1, 0.15) is 16.1 Å². The van der Waals surface area contributed by atoms with Crippen molar-refractivity contribution in [2.45, 2.75) is 6.92 Å². The van der Waals surface area contributed by atoms with E-state index in [-0.39, 0.29) is 11.7 Å². The van der Waals surface area contributed by atoms with Gasteiger partial charge in [-0.15, -0.1) is 0 Å². The maximum Gasteiger partial charge on any atom is 0.289 e. The molecule has 0 aliphatic heterocycles. The summed E-state index contributed by atoms with van der Waals surface area (Å²) in [5.74, 6) is -0.0546. The molecule has 24 heavy (non-hydrogen) atoms. The number of para-hydroxylation sites is 1. The first-order valence-electron chi connectivity index (χ1n) is 7.84. The number of nitrogens with one attached hydrogen (secondary N) is 2. The van der Waals surface area contributed by atoms with Crippen LogP contribution >= 0.6 is 0 Å². The van der Waals surface area contributed by atoms with Crippen LogP contribution in [0.4, 0.5) is 5.69 Å². The van der Waals surface area contributed by atoms with Gasteiger partial charge in [0.15, 0.2) is 0 Å². The lowest BCUT2D eigenvalue weighted by molar-refractivity contribution is 0.0918. The van der Waals surface area contributed by atoms with Gasteiger partial charge in [-0.1, -0.05) is 53.7 Å². The van der Waals surface area contributed by atoms with Crippen molar-refractivity contribution in [3.8, 4) is 11.3 Å². The van der Waals surface area contributed by atoms with Gasteiger partial charge < -0.3 is 15.2 Å².